The lowest BCUT2D eigenvalue weighted by Crippen LogP contribution is -2.26. The van der Waals surface area contributed by atoms with Crippen LogP contribution in [0.3, 0.4) is 0 Å². The van der Waals surface area contributed by atoms with Crippen molar-refractivity contribution >= 4 is 22.6 Å². The molecule has 0 N–H and O–H groups in total. The second-order valence-corrected chi connectivity index (χ2v) is 5.69. The molecule has 0 radical (unpaired) electrons. The molecule has 1 unspecified atom stereocenters. The Morgan fingerprint density at radius 2 is 1.75 bits per heavy atom. The Kier molecular flexibility index (Phi) is 5.74. The predicted octanol–water partition coefficient (Wildman–Crippen LogP) is 3.04. The van der Waals surface area contributed by atoms with Crippen molar-refractivity contribution in [2.45, 2.75) is 27.2 Å². The van der Waals surface area contributed by atoms with E-state index in [1.807, 2.05) is 0 Å². The molecule has 0 saturated carbocycles. The summed E-state index contributed by atoms with van der Waals surface area (Å²) in [6.07, 6.45) is 1.32. The molecule has 0 rings (SSSR count). The van der Waals surface area contributed by atoms with Gasteiger partial charge < -0.3 is 4.90 Å². The summed E-state index contributed by atoms with van der Waals surface area (Å²) in [7, 11) is 4.29. The predicted molar refractivity (Wildman–Crippen MR) is 65.0 cm³/mol. The third-order valence-corrected chi connectivity index (χ3v) is 3.40. The van der Waals surface area contributed by atoms with Crippen LogP contribution in [0.2, 0.25) is 0 Å². The van der Waals surface area contributed by atoms with E-state index < -0.39 is 0 Å². The van der Waals surface area contributed by atoms with Gasteiger partial charge in [-0.25, -0.2) is 0 Å². The van der Waals surface area contributed by atoms with Gasteiger partial charge in [0.2, 0.25) is 0 Å². The van der Waals surface area contributed by atoms with Crippen LogP contribution in [0, 0.1) is 11.3 Å². The van der Waals surface area contributed by atoms with E-state index in [2.05, 4.69) is 62.4 Å². The molecule has 0 aliphatic heterocycles. The number of nitrogens with zero attached hydrogens (tertiary/aromatic N) is 1. The largest absolute Gasteiger partial charge is 0.309 e. The van der Waals surface area contributed by atoms with Gasteiger partial charge >= 0.3 is 0 Å². The van der Waals surface area contributed by atoms with Gasteiger partial charge in [0, 0.05) is 4.43 Å². The lowest BCUT2D eigenvalue weighted by molar-refractivity contribution is 0.231. The highest BCUT2D eigenvalue weighted by Crippen LogP contribution is 2.30. The molecule has 0 aliphatic rings. The van der Waals surface area contributed by atoms with E-state index >= 15 is 0 Å². The fourth-order valence-corrected chi connectivity index (χ4v) is 2.92. The summed E-state index contributed by atoms with van der Waals surface area (Å²) in [6.45, 7) is 8.23. The highest BCUT2D eigenvalue weighted by Gasteiger charge is 2.22. The van der Waals surface area contributed by atoms with Crippen LogP contribution in [0.15, 0.2) is 0 Å². The summed E-state index contributed by atoms with van der Waals surface area (Å²) in [5.74, 6) is 0.848. The molecule has 12 heavy (non-hydrogen) atoms. The van der Waals surface area contributed by atoms with Crippen molar-refractivity contribution in [2.24, 2.45) is 11.3 Å². The Morgan fingerprint density at radius 1 is 1.25 bits per heavy atom. The average molecular weight is 283 g/mol. The number of alkyl halides is 1. The minimum Gasteiger partial charge on any atom is -0.309 e. The number of hydrogen-bond acceptors (Lipinski definition) is 1. The molecule has 0 saturated heterocycles. The summed E-state index contributed by atoms with van der Waals surface area (Å²) >= 11 is 2.50. The fraction of sp³-hybridized carbons (Fsp3) is 1.00. The van der Waals surface area contributed by atoms with E-state index in [1.165, 1.54) is 17.4 Å². The summed E-state index contributed by atoms with van der Waals surface area (Å²) in [4.78, 5) is 2.27. The smallest absolute Gasteiger partial charge is 0.00291 e. The highest BCUT2D eigenvalue weighted by molar-refractivity contribution is 14.1. The van der Waals surface area contributed by atoms with Crippen molar-refractivity contribution in [2.75, 3.05) is 25.1 Å². The standard InChI is InChI=1S/C10H22IN/c1-10(2,3)9(8-11)6-7-12(4)5/h9H,6-8H2,1-5H3. The molecule has 0 spiro atoms. The summed E-state index contributed by atoms with van der Waals surface area (Å²) < 4.78 is 1.27. The average Bonchev–Trinajstić information content (AvgIpc) is 1.85. The molecule has 0 amide bonds. The molecule has 1 atom stereocenters. The normalized spacial score (nSPS) is 15.2. The van der Waals surface area contributed by atoms with E-state index in [0.717, 1.165) is 5.92 Å². The first kappa shape index (κ1) is 12.7. The molecule has 0 aromatic rings. The first-order valence-electron chi connectivity index (χ1n) is 4.58. The van der Waals surface area contributed by atoms with E-state index in [9.17, 15) is 0 Å². The van der Waals surface area contributed by atoms with Gasteiger partial charge in [0.05, 0.1) is 0 Å². The van der Waals surface area contributed by atoms with E-state index in [4.69, 9.17) is 0 Å². The van der Waals surface area contributed by atoms with Gasteiger partial charge in [0.15, 0.2) is 0 Å². The second-order valence-electron chi connectivity index (χ2n) is 4.81. The van der Waals surface area contributed by atoms with Crippen molar-refractivity contribution in [3.63, 3.8) is 0 Å². The summed E-state index contributed by atoms with van der Waals surface area (Å²) in [6, 6.07) is 0. The SMILES string of the molecule is CN(C)CCC(CI)C(C)(C)C. The fourth-order valence-electron chi connectivity index (χ4n) is 1.16. The zero-order valence-corrected chi connectivity index (χ0v) is 11.2. The van der Waals surface area contributed by atoms with Gasteiger partial charge in [-0.3, -0.25) is 0 Å². The first-order chi connectivity index (χ1) is 5.38. The van der Waals surface area contributed by atoms with Crippen molar-refractivity contribution in [3.05, 3.63) is 0 Å². The third kappa shape index (κ3) is 5.36. The van der Waals surface area contributed by atoms with Gasteiger partial charge in [-0.15, -0.1) is 0 Å². The molecule has 0 aromatic carbocycles. The van der Waals surface area contributed by atoms with Crippen molar-refractivity contribution in [1.29, 1.82) is 0 Å². The van der Waals surface area contributed by atoms with Gasteiger partial charge in [-0.05, 0) is 38.4 Å². The van der Waals surface area contributed by atoms with Crippen molar-refractivity contribution in [3.8, 4) is 0 Å². The molecule has 0 fully saturated rings. The quantitative estimate of drug-likeness (QED) is 0.566. The Balaban J connectivity index is 3.84. The van der Waals surface area contributed by atoms with Gasteiger partial charge in [-0.2, -0.15) is 0 Å². The molecule has 2 heteroatoms. The van der Waals surface area contributed by atoms with Crippen molar-refractivity contribution in [1.82, 2.24) is 4.90 Å². The van der Waals surface area contributed by atoms with Crippen LogP contribution in [0.5, 0.6) is 0 Å². The molecule has 0 bridgehead atoms. The van der Waals surface area contributed by atoms with Crippen LogP contribution in [0.4, 0.5) is 0 Å². The zero-order valence-electron chi connectivity index (χ0n) is 9.02. The van der Waals surface area contributed by atoms with Crippen LogP contribution in [-0.4, -0.2) is 30.0 Å². The Hall–Kier alpha value is 0.690. The lowest BCUT2D eigenvalue weighted by atomic mass is 9.80. The number of halogens is 1. The molecule has 0 heterocycles. The van der Waals surface area contributed by atoms with Crippen LogP contribution < -0.4 is 0 Å². The molecular formula is C10H22IN. The van der Waals surface area contributed by atoms with Gasteiger partial charge in [0.25, 0.3) is 0 Å². The maximum Gasteiger partial charge on any atom is 0.00291 e. The molecule has 74 valence electrons. The Labute approximate surface area is 91.0 Å². The lowest BCUT2D eigenvalue weighted by Gasteiger charge is -2.30. The van der Waals surface area contributed by atoms with Gasteiger partial charge in [0.1, 0.15) is 0 Å². The van der Waals surface area contributed by atoms with Crippen molar-refractivity contribution < 1.29 is 0 Å². The van der Waals surface area contributed by atoms with Crippen LogP contribution >= 0.6 is 22.6 Å². The summed E-state index contributed by atoms with van der Waals surface area (Å²) in [5.41, 5.74) is 0.469. The number of rotatable bonds is 4. The van der Waals surface area contributed by atoms with Gasteiger partial charge in [-0.1, -0.05) is 43.4 Å². The first-order valence-corrected chi connectivity index (χ1v) is 6.11. The van der Waals surface area contributed by atoms with Crippen LogP contribution in [0.25, 0.3) is 0 Å². The minimum atomic E-state index is 0.469. The van der Waals surface area contributed by atoms with Crippen LogP contribution in [-0.2, 0) is 0 Å². The zero-order chi connectivity index (χ0) is 9.78. The van der Waals surface area contributed by atoms with E-state index in [-0.39, 0.29) is 0 Å². The molecule has 1 nitrogen and oxygen atoms in total. The summed E-state index contributed by atoms with van der Waals surface area (Å²) in [5, 5.41) is 0. The second kappa shape index (κ2) is 5.43. The topological polar surface area (TPSA) is 3.24 Å². The van der Waals surface area contributed by atoms with E-state index in [1.54, 1.807) is 0 Å². The maximum absolute atomic E-state index is 2.50. The molecule has 0 aromatic heterocycles. The Bertz CT molecular complexity index is 115. The Morgan fingerprint density at radius 3 is 2.00 bits per heavy atom. The third-order valence-electron chi connectivity index (χ3n) is 2.34. The molecule has 0 aliphatic carbocycles. The highest BCUT2D eigenvalue weighted by atomic mass is 127. The van der Waals surface area contributed by atoms with E-state index in [0.29, 0.717) is 5.41 Å². The minimum absolute atomic E-state index is 0.469. The van der Waals surface area contributed by atoms with Crippen LogP contribution in [0.1, 0.15) is 27.2 Å². The maximum atomic E-state index is 2.50. The number of hydrogen-bond donors (Lipinski definition) is 0. The molecular weight excluding hydrogens is 261 g/mol. The monoisotopic (exact) mass is 283 g/mol.